The molecule has 1 aliphatic rings. The molecule has 1 aliphatic carbocycles. The van der Waals surface area contributed by atoms with Crippen LogP contribution >= 0.6 is 0 Å². The van der Waals surface area contributed by atoms with Crippen LogP contribution < -0.4 is 4.74 Å². The Labute approximate surface area is 84.7 Å². The molecule has 1 saturated carbocycles. The Morgan fingerprint density at radius 3 is 2.79 bits per heavy atom. The molecule has 0 heterocycles. The van der Waals surface area contributed by atoms with Gasteiger partial charge in [-0.25, -0.2) is 0 Å². The average molecular weight is 186 g/mol. The van der Waals surface area contributed by atoms with Crippen molar-refractivity contribution in [2.75, 3.05) is 6.61 Å². The van der Waals surface area contributed by atoms with Crippen LogP contribution in [0.15, 0.2) is 42.5 Å². The minimum Gasteiger partial charge on any atom is -0.489 e. The summed E-state index contributed by atoms with van der Waals surface area (Å²) in [5.74, 6) is 0.951. The summed E-state index contributed by atoms with van der Waals surface area (Å²) in [5.41, 5.74) is 2.70. The summed E-state index contributed by atoms with van der Waals surface area (Å²) in [6, 6.07) is 8.12. The lowest BCUT2D eigenvalue weighted by Crippen LogP contribution is -1.94. The third-order valence-corrected chi connectivity index (χ3v) is 2.17. The van der Waals surface area contributed by atoms with Gasteiger partial charge < -0.3 is 4.74 Å². The second-order valence-corrected chi connectivity index (χ2v) is 3.44. The van der Waals surface area contributed by atoms with Crippen molar-refractivity contribution in [3.63, 3.8) is 0 Å². The lowest BCUT2D eigenvalue weighted by molar-refractivity contribution is 0.362. The topological polar surface area (TPSA) is 9.23 Å². The molecule has 0 aromatic heterocycles. The predicted molar refractivity (Wildman–Crippen MR) is 59.3 cm³/mol. The minimum atomic E-state index is 0.570. The Kier molecular flexibility index (Phi) is 2.68. The first-order valence-electron chi connectivity index (χ1n) is 4.92. The van der Waals surface area contributed by atoms with Crippen molar-refractivity contribution in [3.8, 4) is 5.75 Å². The Morgan fingerprint density at radius 2 is 2.07 bits per heavy atom. The zero-order valence-electron chi connectivity index (χ0n) is 8.20. The van der Waals surface area contributed by atoms with Gasteiger partial charge in [-0.15, -0.1) is 0 Å². The highest BCUT2D eigenvalue weighted by Gasteiger charge is 2.11. The maximum atomic E-state index is 5.55. The van der Waals surface area contributed by atoms with Crippen LogP contribution in [0, 0.1) is 0 Å². The summed E-state index contributed by atoms with van der Waals surface area (Å²) in [6.07, 6.45) is 6.48. The average Bonchev–Trinajstić information content (AvgIpc) is 3.01. The van der Waals surface area contributed by atoms with Gasteiger partial charge in [-0.2, -0.15) is 0 Å². The van der Waals surface area contributed by atoms with Crippen molar-refractivity contribution >= 4 is 6.08 Å². The number of ether oxygens (including phenoxy) is 1. The van der Waals surface area contributed by atoms with Crippen molar-refractivity contribution in [1.29, 1.82) is 0 Å². The fourth-order valence-corrected chi connectivity index (χ4v) is 1.32. The lowest BCUT2D eigenvalue weighted by Gasteiger charge is -2.06. The molecule has 0 unspecified atom stereocenters. The number of rotatable bonds is 4. The highest BCUT2D eigenvalue weighted by molar-refractivity contribution is 5.62. The summed E-state index contributed by atoms with van der Waals surface area (Å²) in [5, 5.41) is 0. The molecule has 0 radical (unpaired) electrons. The van der Waals surface area contributed by atoms with E-state index in [9.17, 15) is 0 Å². The van der Waals surface area contributed by atoms with Gasteiger partial charge in [0.25, 0.3) is 0 Å². The van der Waals surface area contributed by atoms with Crippen LogP contribution in [0.1, 0.15) is 18.4 Å². The largest absolute Gasteiger partial charge is 0.489 e. The number of hydrogen-bond donors (Lipinski definition) is 0. The van der Waals surface area contributed by atoms with Crippen molar-refractivity contribution in [2.24, 2.45) is 0 Å². The molecule has 0 bridgehead atoms. The summed E-state index contributed by atoms with van der Waals surface area (Å²) < 4.78 is 5.55. The summed E-state index contributed by atoms with van der Waals surface area (Å²) in [7, 11) is 0. The molecule has 0 atom stereocenters. The van der Waals surface area contributed by atoms with Gasteiger partial charge in [0.1, 0.15) is 12.4 Å². The number of benzene rings is 1. The molecule has 0 amide bonds. The van der Waals surface area contributed by atoms with Gasteiger partial charge in [0.05, 0.1) is 0 Å². The van der Waals surface area contributed by atoms with Crippen LogP contribution in [0.3, 0.4) is 0 Å². The highest BCUT2D eigenvalue weighted by Crippen LogP contribution is 2.32. The molecule has 72 valence electrons. The molecule has 0 spiro atoms. The zero-order chi connectivity index (χ0) is 9.80. The maximum Gasteiger partial charge on any atom is 0.126 e. The summed E-state index contributed by atoms with van der Waals surface area (Å²) in [6.45, 7) is 4.21. The summed E-state index contributed by atoms with van der Waals surface area (Å²) >= 11 is 0. The first-order valence-corrected chi connectivity index (χ1v) is 4.92. The van der Waals surface area contributed by atoms with E-state index < -0.39 is 0 Å². The Balaban J connectivity index is 2.19. The van der Waals surface area contributed by atoms with Crippen LogP contribution in [0.2, 0.25) is 0 Å². The molecule has 1 aromatic carbocycles. The number of hydrogen-bond acceptors (Lipinski definition) is 1. The van der Waals surface area contributed by atoms with Crippen LogP contribution in [-0.4, -0.2) is 6.61 Å². The standard InChI is InChI=1S/C13H14O/c1-2-9-14-13-6-4-3-5-12(13)10-11-7-8-11/h2-6,10H,1,7-9H2. The molecule has 0 aliphatic heterocycles. The quantitative estimate of drug-likeness (QED) is 0.654. The van der Waals surface area contributed by atoms with Crippen LogP contribution in [0.5, 0.6) is 5.75 Å². The molecular formula is C13H14O. The SMILES string of the molecule is C=CCOc1ccccc1C=C1CC1. The van der Waals surface area contributed by atoms with E-state index in [4.69, 9.17) is 4.74 Å². The van der Waals surface area contributed by atoms with Crippen LogP contribution in [-0.2, 0) is 0 Å². The number of para-hydroxylation sites is 1. The van der Waals surface area contributed by atoms with Gasteiger partial charge in [0.15, 0.2) is 0 Å². The molecule has 1 heteroatoms. The van der Waals surface area contributed by atoms with E-state index in [2.05, 4.69) is 18.7 Å². The minimum absolute atomic E-state index is 0.570. The Morgan fingerprint density at radius 1 is 1.29 bits per heavy atom. The van der Waals surface area contributed by atoms with Gasteiger partial charge in [-0.05, 0) is 18.9 Å². The van der Waals surface area contributed by atoms with Crippen LogP contribution in [0.25, 0.3) is 6.08 Å². The van der Waals surface area contributed by atoms with Gasteiger partial charge in [0.2, 0.25) is 0 Å². The van der Waals surface area contributed by atoms with E-state index in [0.717, 1.165) is 5.75 Å². The normalized spacial score (nSPS) is 13.6. The molecular weight excluding hydrogens is 172 g/mol. The van der Waals surface area contributed by atoms with Crippen molar-refractivity contribution < 1.29 is 4.74 Å². The Hall–Kier alpha value is -1.50. The third kappa shape index (κ3) is 2.25. The molecule has 2 rings (SSSR count). The molecule has 14 heavy (non-hydrogen) atoms. The molecule has 0 saturated heterocycles. The highest BCUT2D eigenvalue weighted by atomic mass is 16.5. The first kappa shape index (κ1) is 9.07. The smallest absolute Gasteiger partial charge is 0.126 e. The van der Waals surface area contributed by atoms with Gasteiger partial charge >= 0.3 is 0 Å². The van der Waals surface area contributed by atoms with E-state index in [1.54, 1.807) is 6.08 Å². The fraction of sp³-hybridized carbons (Fsp3) is 0.231. The van der Waals surface area contributed by atoms with Crippen molar-refractivity contribution in [3.05, 3.63) is 48.1 Å². The van der Waals surface area contributed by atoms with Gasteiger partial charge in [-0.1, -0.05) is 42.5 Å². The van der Waals surface area contributed by atoms with Crippen LogP contribution in [0.4, 0.5) is 0 Å². The van der Waals surface area contributed by atoms with E-state index in [1.165, 1.54) is 24.0 Å². The summed E-state index contributed by atoms with van der Waals surface area (Å²) in [4.78, 5) is 0. The molecule has 1 fully saturated rings. The monoisotopic (exact) mass is 186 g/mol. The van der Waals surface area contributed by atoms with E-state index in [0.29, 0.717) is 6.61 Å². The first-order chi connectivity index (χ1) is 6.90. The third-order valence-electron chi connectivity index (χ3n) is 2.17. The lowest BCUT2D eigenvalue weighted by atomic mass is 10.2. The van der Waals surface area contributed by atoms with E-state index in [-0.39, 0.29) is 0 Å². The maximum absolute atomic E-state index is 5.55. The zero-order valence-corrected chi connectivity index (χ0v) is 8.20. The Bertz CT molecular complexity index is 357. The predicted octanol–water partition coefficient (Wildman–Crippen LogP) is 3.43. The van der Waals surface area contributed by atoms with Gasteiger partial charge in [-0.3, -0.25) is 0 Å². The van der Waals surface area contributed by atoms with Crippen molar-refractivity contribution in [2.45, 2.75) is 12.8 Å². The fourth-order valence-electron chi connectivity index (χ4n) is 1.32. The van der Waals surface area contributed by atoms with E-state index >= 15 is 0 Å². The molecule has 1 aromatic rings. The molecule has 0 N–H and O–H groups in total. The van der Waals surface area contributed by atoms with E-state index in [1.807, 2.05) is 18.2 Å². The van der Waals surface area contributed by atoms with Crippen molar-refractivity contribution in [1.82, 2.24) is 0 Å². The second kappa shape index (κ2) is 4.14. The number of allylic oxidation sites excluding steroid dienone is 1. The van der Waals surface area contributed by atoms with Gasteiger partial charge in [0, 0.05) is 5.56 Å². The molecule has 1 nitrogen and oxygen atoms in total. The second-order valence-electron chi connectivity index (χ2n) is 3.44.